The Bertz CT molecular complexity index is 638. The second-order valence-corrected chi connectivity index (χ2v) is 4.76. The van der Waals surface area contributed by atoms with Crippen LogP contribution in [0.2, 0.25) is 0 Å². The van der Waals surface area contributed by atoms with Gasteiger partial charge in [0.05, 0.1) is 0 Å². The van der Waals surface area contributed by atoms with Crippen molar-refractivity contribution in [3.8, 4) is 0 Å². The molecule has 0 fully saturated rings. The third-order valence-electron chi connectivity index (χ3n) is 3.06. The standard InChI is InChI=1S/C16H17N5O/c17-21-18-12-15(11-13-7-3-1-4-8-13)20-16(22)19-14-9-5-2-6-10-14/h1-10,15H,11-12H2,(H2,19,20,22)/t15-/m1/s1. The summed E-state index contributed by atoms with van der Waals surface area (Å²) in [6.07, 6.45) is 0.599. The highest BCUT2D eigenvalue weighted by atomic mass is 16.2. The highest BCUT2D eigenvalue weighted by molar-refractivity contribution is 5.89. The van der Waals surface area contributed by atoms with E-state index in [-0.39, 0.29) is 18.6 Å². The fourth-order valence-corrected chi connectivity index (χ4v) is 2.07. The van der Waals surface area contributed by atoms with E-state index in [0.29, 0.717) is 12.1 Å². The largest absolute Gasteiger partial charge is 0.335 e. The molecule has 0 saturated carbocycles. The Kier molecular flexibility index (Phi) is 5.84. The molecule has 6 nitrogen and oxygen atoms in total. The van der Waals surface area contributed by atoms with Crippen molar-refractivity contribution < 1.29 is 4.79 Å². The zero-order chi connectivity index (χ0) is 15.6. The minimum absolute atomic E-state index is 0.202. The molecule has 22 heavy (non-hydrogen) atoms. The van der Waals surface area contributed by atoms with Crippen molar-refractivity contribution in [3.05, 3.63) is 76.7 Å². The van der Waals surface area contributed by atoms with Gasteiger partial charge in [-0.05, 0) is 29.6 Å². The summed E-state index contributed by atoms with van der Waals surface area (Å²) in [5.74, 6) is 0. The second kappa shape index (κ2) is 8.34. The third kappa shape index (κ3) is 5.19. The number of hydrogen-bond donors (Lipinski definition) is 2. The number of para-hydroxylation sites is 1. The molecular formula is C16H17N5O. The molecule has 0 aliphatic rings. The molecule has 0 aromatic heterocycles. The monoisotopic (exact) mass is 295 g/mol. The summed E-state index contributed by atoms with van der Waals surface area (Å²) in [6.45, 7) is 0.202. The lowest BCUT2D eigenvalue weighted by Gasteiger charge is -2.17. The van der Waals surface area contributed by atoms with Crippen molar-refractivity contribution in [1.82, 2.24) is 5.32 Å². The molecule has 0 bridgehead atoms. The summed E-state index contributed by atoms with van der Waals surface area (Å²) in [7, 11) is 0. The number of anilines is 1. The maximum absolute atomic E-state index is 12.0. The lowest BCUT2D eigenvalue weighted by atomic mass is 10.1. The van der Waals surface area contributed by atoms with Gasteiger partial charge >= 0.3 is 6.03 Å². The predicted molar refractivity (Wildman–Crippen MR) is 86.5 cm³/mol. The van der Waals surface area contributed by atoms with Crippen LogP contribution in [-0.2, 0) is 6.42 Å². The topological polar surface area (TPSA) is 89.9 Å². The van der Waals surface area contributed by atoms with Crippen LogP contribution in [0.3, 0.4) is 0 Å². The lowest BCUT2D eigenvalue weighted by Crippen LogP contribution is -2.41. The van der Waals surface area contributed by atoms with E-state index >= 15 is 0 Å². The molecule has 2 rings (SSSR count). The summed E-state index contributed by atoms with van der Waals surface area (Å²) in [5.41, 5.74) is 10.3. The number of azide groups is 1. The van der Waals surface area contributed by atoms with Gasteiger partial charge in [0.25, 0.3) is 0 Å². The van der Waals surface area contributed by atoms with Crippen molar-refractivity contribution in [1.29, 1.82) is 0 Å². The normalized spacial score (nSPS) is 11.1. The van der Waals surface area contributed by atoms with E-state index in [2.05, 4.69) is 20.7 Å². The Hall–Kier alpha value is -2.98. The quantitative estimate of drug-likeness (QED) is 0.474. The zero-order valence-corrected chi connectivity index (χ0v) is 12.0. The van der Waals surface area contributed by atoms with Gasteiger partial charge in [-0.2, -0.15) is 0 Å². The first kappa shape index (κ1) is 15.4. The Labute approximate surface area is 128 Å². The van der Waals surface area contributed by atoms with Crippen molar-refractivity contribution in [2.24, 2.45) is 5.11 Å². The van der Waals surface area contributed by atoms with Crippen LogP contribution in [0.4, 0.5) is 10.5 Å². The number of rotatable bonds is 6. The molecule has 0 aliphatic carbocycles. The van der Waals surface area contributed by atoms with E-state index in [1.807, 2.05) is 48.5 Å². The van der Waals surface area contributed by atoms with Gasteiger partial charge in [0.15, 0.2) is 0 Å². The highest BCUT2D eigenvalue weighted by Crippen LogP contribution is 2.06. The molecule has 0 unspecified atom stereocenters. The molecule has 0 spiro atoms. The van der Waals surface area contributed by atoms with E-state index in [0.717, 1.165) is 5.56 Å². The fourth-order valence-electron chi connectivity index (χ4n) is 2.07. The Morgan fingerprint density at radius 3 is 2.36 bits per heavy atom. The van der Waals surface area contributed by atoms with E-state index in [9.17, 15) is 4.79 Å². The second-order valence-electron chi connectivity index (χ2n) is 4.76. The van der Waals surface area contributed by atoms with Gasteiger partial charge in [-0.25, -0.2) is 4.79 Å². The van der Waals surface area contributed by atoms with E-state index < -0.39 is 0 Å². The molecule has 0 radical (unpaired) electrons. The Morgan fingerprint density at radius 1 is 1.09 bits per heavy atom. The van der Waals surface area contributed by atoms with Crippen LogP contribution in [0.25, 0.3) is 10.4 Å². The number of amides is 2. The van der Waals surface area contributed by atoms with Crippen molar-refractivity contribution in [2.75, 3.05) is 11.9 Å². The fraction of sp³-hybridized carbons (Fsp3) is 0.188. The number of carbonyl (C=O) groups excluding carboxylic acids is 1. The van der Waals surface area contributed by atoms with Crippen LogP contribution in [0.15, 0.2) is 65.8 Å². The number of nitrogens with zero attached hydrogens (tertiary/aromatic N) is 3. The zero-order valence-electron chi connectivity index (χ0n) is 12.0. The van der Waals surface area contributed by atoms with Gasteiger partial charge in [0.1, 0.15) is 0 Å². The highest BCUT2D eigenvalue weighted by Gasteiger charge is 2.12. The molecule has 2 amide bonds. The number of nitrogens with one attached hydrogen (secondary N) is 2. The number of benzene rings is 2. The van der Waals surface area contributed by atoms with Crippen molar-refractivity contribution in [2.45, 2.75) is 12.5 Å². The molecule has 2 N–H and O–H groups in total. The van der Waals surface area contributed by atoms with Gasteiger partial charge in [-0.15, -0.1) is 0 Å². The predicted octanol–water partition coefficient (Wildman–Crippen LogP) is 3.73. The maximum atomic E-state index is 12.0. The first-order valence-corrected chi connectivity index (χ1v) is 6.95. The van der Waals surface area contributed by atoms with Gasteiger partial charge in [-0.3, -0.25) is 0 Å². The van der Waals surface area contributed by atoms with Gasteiger partial charge in [-0.1, -0.05) is 53.6 Å². The van der Waals surface area contributed by atoms with Crippen molar-refractivity contribution in [3.63, 3.8) is 0 Å². The molecule has 2 aromatic carbocycles. The molecule has 6 heteroatoms. The number of urea groups is 1. The maximum Gasteiger partial charge on any atom is 0.319 e. The molecule has 0 aliphatic heterocycles. The lowest BCUT2D eigenvalue weighted by molar-refractivity contribution is 0.248. The van der Waals surface area contributed by atoms with Crippen LogP contribution in [0, 0.1) is 0 Å². The molecule has 1 atom stereocenters. The average Bonchev–Trinajstić information content (AvgIpc) is 2.54. The van der Waals surface area contributed by atoms with Gasteiger partial charge < -0.3 is 10.6 Å². The smallest absolute Gasteiger partial charge is 0.319 e. The SMILES string of the molecule is [N-]=[N+]=NC[C@@H](Cc1ccccc1)NC(=O)Nc1ccccc1. The summed E-state index contributed by atoms with van der Waals surface area (Å²) >= 11 is 0. The Morgan fingerprint density at radius 2 is 1.73 bits per heavy atom. The molecule has 2 aromatic rings. The third-order valence-corrected chi connectivity index (χ3v) is 3.06. The molecule has 0 saturated heterocycles. The van der Waals surface area contributed by atoms with Crippen LogP contribution >= 0.6 is 0 Å². The minimum Gasteiger partial charge on any atom is -0.335 e. The van der Waals surface area contributed by atoms with E-state index in [1.54, 1.807) is 12.1 Å². The van der Waals surface area contributed by atoms with E-state index in [4.69, 9.17) is 5.53 Å². The number of carbonyl (C=O) groups is 1. The average molecular weight is 295 g/mol. The van der Waals surface area contributed by atoms with Crippen LogP contribution in [0.5, 0.6) is 0 Å². The van der Waals surface area contributed by atoms with Crippen LogP contribution in [0.1, 0.15) is 5.56 Å². The van der Waals surface area contributed by atoms with E-state index in [1.165, 1.54) is 0 Å². The summed E-state index contributed by atoms with van der Waals surface area (Å²) in [4.78, 5) is 14.8. The molecule has 0 heterocycles. The summed E-state index contributed by atoms with van der Waals surface area (Å²) < 4.78 is 0. The van der Waals surface area contributed by atoms with Gasteiger partial charge in [0.2, 0.25) is 0 Å². The van der Waals surface area contributed by atoms with Crippen LogP contribution in [-0.4, -0.2) is 18.6 Å². The van der Waals surface area contributed by atoms with Crippen LogP contribution < -0.4 is 10.6 Å². The minimum atomic E-state index is -0.319. The number of hydrogen-bond acceptors (Lipinski definition) is 2. The van der Waals surface area contributed by atoms with Gasteiger partial charge in [0, 0.05) is 23.2 Å². The summed E-state index contributed by atoms with van der Waals surface area (Å²) in [5, 5.41) is 9.15. The first-order valence-electron chi connectivity index (χ1n) is 6.95. The Balaban J connectivity index is 1.96. The van der Waals surface area contributed by atoms with Crippen molar-refractivity contribution >= 4 is 11.7 Å². The first-order chi connectivity index (χ1) is 10.8. The molecule has 112 valence electrons. The molecular weight excluding hydrogens is 278 g/mol. The summed E-state index contributed by atoms with van der Waals surface area (Å²) in [6, 6.07) is 18.3.